The standard InChI is InChI=1S/C15H14F4N2/c1-2-7-20-14-9-11(15(17,18)19)8-13(21-14)10-3-5-12(16)6-4-10/h3-6,8-9H,2,7H2,1H3,(H,20,21). The number of rotatable bonds is 4. The zero-order valence-corrected chi connectivity index (χ0v) is 11.3. The van der Waals surface area contributed by atoms with Crippen molar-refractivity contribution in [3.63, 3.8) is 0 Å². The van der Waals surface area contributed by atoms with Crippen molar-refractivity contribution in [1.29, 1.82) is 0 Å². The fourth-order valence-corrected chi connectivity index (χ4v) is 1.81. The number of aromatic nitrogens is 1. The van der Waals surface area contributed by atoms with Gasteiger partial charge < -0.3 is 5.32 Å². The molecule has 0 aliphatic rings. The van der Waals surface area contributed by atoms with E-state index in [0.29, 0.717) is 12.1 Å². The van der Waals surface area contributed by atoms with Gasteiger partial charge in [-0.05, 0) is 42.8 Å². The van der Waals surface area contributed by atoms with E-state index >= 15 is 0 Å². The smallest absolute Gasteiger partial charge is 0.370 e. The van der Waals surface area contributed by atoms with Crippen LogP contribution in [0.25, 0.3) is 11.3 Å². The minimum absolute atomic E-state index is 0.156. The SMILES string of the molecule is CCCNc1cc(C(F)(F)F)cc(-c2ccc(F)cc2)n1. The van der Waals surface area contributed by atoms with Gasteiger partial charge in [-0.2, -0.15) is 13.2 Å². The van der Waals surface area contributed by atoms with E-state index in [1.807, 2.05) is 6.92 Å². The topological polar surface area (TPSA) is 24.9 Å². The molecule has 112 valence electrons. The van der Waals surface area contributed by atoms with Crippen LogP contribution < -0.4 is 5.32 Å². The molecule has 2 nitrogen and oxygen atoms in total. The van der Waals surface area contributed by atoms with Gasteiger partial charge in [-0.25, -0.2) is 9.37 Å². The minimum Gasteiger partial charge on any atom is -0.370 e. The number of benzene rings is 1. The van der Waals surface area contributed by atoms with Gasteiger partial charge in [0.15, 0.2) is 0 Å². The van der Waals surface area contributed by atoms with Crippen LogP contribution in [0.1, 0.15) is 18.9 Å². The Morgan fingerprint density at radius 1 is 1.10 bits per heavy atom. The van der Waals surface area contributed by atoms with Crippen molar-refractivity contribution in [2.45, 2.75) is 19.5 Å². The zero-order chi connectivity index (χ0) is 15.5. The molecule has 0 aliphatic carbocycles. The van der Waals surface area contributed by atoms with E-state index in [1.54, 1.807) is 0 Å². The van der Waals surface area contributed by atoms with Crippen molar-refractivity contribution in [3.05, 3.63) is 47.8 Å². The number of hydrogen-bond acceptors (Lipinski definition) is 2. The highest BCUT2D eigenvalue weighted by Gasteiger charge is 2.31. The molecule has 0 saturated carbocycles. The molecule has 0 spiro atoms. The van der Waals surface area contributed by atoms with E-state index in [2.05, 4.69) is 10.3 Å². The summed E-state index contributed by atoms with van der Waals surface area (Å²) in [7, 11) is 0. The second kappa shape index (κ2) is 6.11. The number of nitrogens with one attached hydrogen (secondary N) is 1. The predicted molar refractivity (Wildman–Crippen MR) is 73.4 cm³/mol. The predicted octanol–water partition coefficient (Wildman–Crippen LogP) is 4.73. The highest BCUT2D eigenvalue weighted by atomic mass is 19.4. The van der Waals surface area contributed by atoms with Crippen molar-refractivity contribution in [2.75, 3.05) is 11.9 Å². The van der Waals surface area contributed by atoms with E-state index in [4.69, 9.17) is 0 Å². The largest absolute Gasteiger partial charge is 0.416 e. The summed E-state index contributed by atoms with van der Waals surface area (Å²) in [6.07, 6.45) is -3.69. The summed E-state index contributed by atoms with van der Waals surface area (Å²) < 4.78 is 51.7. The van der Waals surface area contributed by atoms with E-state index in [9.17, 15) is 17.6 Å². The van der Waals surface area contributed by atoms with Gasteiger partial charge >= 0.3 is 6.18 Å². The Hall–Kier alpha value is -2.11. The van der Waals surface area contributed by atoms with Crippen LogP contribution in [0.4, 0.5) is 23.4 Å². The molecule has 0 atom stereocenters. The van der Waals surface area contributed by atoms with E-state index < -0.39 is 17.6 Å². The maximum Gasteiger partial charge on any atom is 0.416 e. The van der Waals surface area contributed by atoms with Crippen molar-refractivity contribution in [2.24, 2.45) is 0 Å². The molecule has 0 fully saturated rings. The maximum atomic E-state index is 12.9. The Morgan fingerprint density at radius 2 is 1.76 bits per heavy atom. The summed E-state index contributed by atoms with van der Waals surface area (Å²) in [4.78, 5) is 4.15. The fourth-order valence-electron chi connectivity index (χ4n) is 1.81. The third-order valence-electron chi connectivity index (χ3n) is 2.85. The molecular weight excluding hydrogens is 284 g/mol. The lowest BCUT2D eigenvalue weighted by atomic mass is 10.1. The van der Waals surface area contributed by atoms with E-state index in [0.717, 1.165) is 18.6 Å². The normalized spacial score (nSPS) is 11.5. The summed E-state index contributed by atoms with van der Waals surface area (Å²) in [5, 5.41) is 2.84. The fraction of sp³-hybridized carbons (Fsp3) is 0.267. The van der Waals surface area contributed by atoms with Crippen LogP contribution in [-0.2, 0) is 6.18 Å². The van der Waals surface area contributed by atoms with Gasteiger partial charge in [-0.1, -0.05) is 6.92 Å². The first kappa shape index (κ1) is 15.3. The average Bonchev–Trinajstić information content (AvgIpc) is 2.44. The molecule has 0 bridgehead atoms. The first-order chi connectivity index (χ1) is 9.90. The van der Waals surface area contributed by atoms with Crippen molar-refractivity contribution < 1.29 is 17.6 Å². The lowest BCUT2D eigenvalue weighted by molar-refractivity contribution is -0.137. The van der Waals surface area contributed by atoms with E-state index in [-0.39, 0.29) is 11.5 Å². The molecule has 2 rings (SSSR count). The summed E-state index contributed by atoms with van der Waals surface area (Å²) in [6, 6.07) is 7.13. The molecule has 0 amide bonds. The minimum atomic E-state index is -4.46. The first-order valence-corrected chi connectivity index (χ1v) is 6.49. The molecule has 1 aromatic heterocycles. The third-order valence-corrected chi connectivity index (χ3v) is 2.85. The Kier molecular flexibility index (Phi) is 4.45. The Morgan fingerprint density at radius 3 is 2.33 bits per heavy atom. The van der Waals surface area contributed by atoms with Crippen molar-refractivity contribution in [3.8, 4) is 11.3 Å². The van der Waals surface area contributed by atoms with Gasteiger partial charge in [-0.15, -0.1) is 0 Å². The zero-order valence-electron chi connectivity index (χ0n) is 11.3. The quantitative estimate of drug-likeness (QED) is 0.825. The van der Waals surface area contributed by atoms with Gasteiger partial charge in [0.05, 0.1) is 11.3 Å². The van der Waals surface area contributed by atoms with Crippen molar-refractivity contribution in [1.82, 2.24) is 4.98 Å². The highest BCUT2D eigenvalue weighted by Crippen LogP contribution is 2.33. The first-order valence-electron chi connectivity index (χ1n) is 6.49. The number of nitrogens with zero attached hydrogens (tertiary/aromatic N) is 1. The van der Waals surface area contributed by atoms with Crippen LogP contribution in [-0.4, -0.2) is 11.5 Å². The maximum absolute atomic E-state index is 12.9. The molecule has 1 heterocycles. The molecule has 2 aromatic rings. The van der Waals surface area contributed by atoms with Crippen molar-refractivity contribution >= 4 is 5.82 Å². The number of halogens is 4. The summed E-state index contributed by atoms with van der Waals surface area (Å²) in [5.41, 5.74) is -0.194. The summed E-state index contributed by atoms with van der Waals surface area (Å²) >= 11 is 0. The molecule has 1 N–H and O–H groups in total. The van der Waals surface area contributed by atoms with Gasteiger partial charge in [-0.3, -0.25) is 0 Å². The van der Waals surface area contributed by atoms with E-state index in [1.165, 1.54) is 24.3 Å². The van der Waals surface area contributed by atoms with Gasteiger partial charge in [0.25, 0.3) is 0 Å². The number of hydrogen-bond donors (Lipinski definition) is 1. The Labute approximate surface area is 119 Å². The van der Waals surface area contributed by atoms with Gasteiger partial charge in [0, 0.05) is 12.1 Å². The number of anilines is 1. The van der Waals surface area contributed by atoms with Crippen LogP contribution >= 0.6 is 0 Å². The second-order valence-corrected chi connectivity index (χ2v) is 4.56. The second-order valence-electron chi connectivity index (χ2n) is 4.56. The number of alkyl halides is 3. The molecule has 6 heteroatoms. The summed E-state index contributed by atoms with van der Waals surface area (Å²) in [6.45, 7) is 2.43. The molecular formula is C15H14F4N2. The lowest BCUT2D eigenvalue weighted by Gasteiger charge is -2.12. The van der Waals surface area contributed by atoms with Crippen LogP contribution in [0.15, 0.2) is 36.4 Å². The molecule has 21 heavy (non-hydrogen) atoms. The van der Waals surface area contributed by atoms with Crippen LogP contribution in [0.3, 0.4) is 0 Å². The van der Waals surface area contributed by atoms with Gasteiger partial charge in [0.1, 0.15) is 11.6 Å². The average molecular weight is 298 g/mol. The lowest BCUT2D eigenvalue weighted by Crippen LogP contribution is -2.09. The highest BCUT2D eigenvalue weighted by molar-refractivity contribution is 5.62. The molecule has 0 unspecified atom stereocenters. The van der Waals surface area contributed by atoms with Crippen LogP contribution in [0, 0.1) is 5.82 Å². The summed E-state index contributed by atoms with van der Waals surface area (Å²) in [5.74, 6) is -0.291. The molecule has 0 saturated heterocycles. The van der Waals surface area contributed by atoms with Crippen LogP contribution in [0.5, 0.6) is 0 Å². The monoisotopic (exact) mass is 298 g/mol. The number of pyridine rings is 1. The van der Waals surface area contributed by atoms with Gasteiger partial charge in [0.2, 0.25) is 0 Å². The third kappa shape index (κ3) is 3.93. The van der Waals surface area contributed by atoms with Crippen LogP contribution in [0.2, 0.25) is 0 Å². The molecule has 0 aliphatic heterocycles. The Bertz CT molecular complexity index is 606. The molecule has 0 radical (unpaired) electrons. The molecule has 1 aromatic carbocycles. The Balaban J connectivity index is 2.46.